The average molecular weight is 350 g/mol. The molecule has 0 saturated carbocycles. The van der Waals surface area contributed by atoms with Crippen molar-refractivity contribution < 1.29 is 9.53 Å². The van der Waals surface area contributed by atoms with E-state index >= 15 is 0 Å². The number of anilines is 1. The summed E-state index contributed by atoms with van der Waals surface area (Å²) < 4.78 is 5.22. The summed E-state index contributed by atoms with van der Waals surface area (Å²) in [6, 6.07) is 13.2. The molecule has 1 aromatic heterocycles. The lowest BCUT2D eigenvalue weighted by molar-refractivity contribution is -0.116. The zero-order valence-electron chi connectivity index (χ0n) is 15.2. The van der Waals surface area contributed by atoms with Crippen molar-refractivity contribution in [1.29, 1.82) is 0 Å². The lowest BCUT2D eigenvalue weighted by Crippen LogP contribution is -2.18. The van der Waals surface area contributed by atoms with Gasteiger partial charge in [0.2, 0.25) is 5.91 Å². The first-order valence-corrected chi connectivity index (χ1v) is 8.54. The van der Waals surface area contributed by atoms with E-state index in [1.165, 1.54) is 0 Å². The van der Waals surface area contributed by atoms with Crippen molar-refractivity contribution in [3.05, 3.63) is 69.5 Å². The Labute approximate surface area is 152 Å². The molecule has 0 aliphatic rings. The second-order valence-corrected chi connectivity index (χ2v) is 6.39. The molecular formula is C21H22N2O3. The van der Waals surface area contributed by atoms with Crippen molar-refractivity contribution in [3.63, 3.8) is 0 Å². The SMILES string of the molecule is COc1ccc2[nH]c(=O)c(CCC(=O)Nc3c(C)cccc3C)cc2c1. The molecule has 3 aromatic rings. The molecule has 0 aliphatic heterocycles. The van der Waals surface area contributed by atoms with E-state index in [4.69, 9.17) is 4.74 Å². The Morgan fingerprint density at radius 2 is 1.85 bits per heavy atom. The molecule has 0 unspecified atom stereocenters. The fraction of sp³-hybridized carbons (Fsp3) is 0.238. The number of amides is 1. The molecule has 0 spiro atoms. The first-order valence-electron chi connectivity index (χ1n) is 8.54. The minimum absolute atomic E-state index is 0.104. The first-order chi connectivity index (χ1) is 12.5. The Bertz CT molecular complexity index is 1000. The predicted molar refractivity (Wildman–Crippen MR) is 104 cm³/mol. The summed E-state index contributed by atoms with van der Waals surface area (Å²) in [5, 5.41) is 3.84. The molecule has 2 aromatic carbocycles. The second kappa shape index (κ2) is 7.44. The molecule has 0 radical (unpaired) electrons. The average Bonchev–Trinajstić information content (AvgIpc) is 2.62. The standard InChI is InChI=1S/C21H22N2O3/c1-13-5-4-6-14(2)20(13)23-19(24)10-7-15-11-16-12-17(26-3)8-9-18(16)22-21(15)25/h4-6,8-9,11-12H,7,10H2,1-3H3,(H,22,25)(H,23,24). The Hall–Kier alpha value is -3.08. The van der Waals surface area contributed by atoms with Gasteiger partial charge in [-0.1, -0.05) is 18.2 Å². The van der Waals surface area contributed by atoms with Gasteiger partial charge < -0.3 is 15.0 Å². The van der Waals surface area contributed by atoms with Crippen LogP contribution in [-0.4, -0.2) is 18.0 Å². The van der Waals surface area contributed by atoms with E-state index in [9.17, 15) is 9.59 Å². The van der Waals surface area contributed by atoms with Gasteiger partial charge in [-0.2, -0.15) is 0 Å². The van der Waals surface area contributed by atoms with Gasteiger partial charge in [-0.3, -0.25) is 9.59 Å². The number of H-pyrrole nitrogens is 1. The summed E-state index contributed by atoms with van der Waals surface area (Å²) in [4.78, 5) is 27.4. The third-order valence-corrected chi connectivity index (χ3v) is 4.50. The number of aryl methyl sites for hydroxylation is 3. The number of aromatic nitrogens is 1. The van der Waals surface area contributed by atoms with Crippen molar-refractivity contribution in [2.24, 2.45) is 0 Å². The third kappa shape index (κ3) is 3.77. The molecule has 26 heavy (non-hydrogen) atoms. The highest BCUT2D eigenvalue weighted by molar-refractivity contribution is 5.92. The van der Waals surface area contributed by atoms with Gasteiger partial charge >= 0.3 is 0 Å². The number of ether oxygens (including phenoxy) is 1. The number of nitrogens with one attached hydrogen (secondary N) is 2. The normalized spacial score (nSPS) is 10.7. The number of benzene rings is 2. The lowest BCUT2D eigenvalue weighted by Gasteiger charge is -2.11. The van der Waals surface area contributed by atoms with Gasteiger partial charge in [0.1, 0.15) is 5.75 Å². The number of methoxy groups -OCH3 is 1. The second-order valence-electron chi connectivity index (χ2n) is 6.39. The van der Waals surface area contributed by atoms with Crippen LogP contribution in [0.5, 0.6) is 5.75 Å². The number of carbonyl (C=O) groups is 1. The van der Waals surface area contributed by atoms with E-state index in [1.807, 2.05) is 50.2 Å². The van der Waals surface area contributed by atoms with Crippen molar-refractivity contribution in [1.82, 2.24) is 4.98 Å². The number of aromatic amines is 1. The van der Waals surface area contributed by atoms with Gasteiger partial charge in [0.15, 0.2) is 0 Å². The van der Waals surface area contributed by atoms with Crippen LogP contribution in [0.15, 0.2) is 47.3 Å². The molecule has 0 atom stereocenters. The van der Waals surface area contributed by atoms with Gasteiger partial charge in [-0.05, 0) is 55.7 Å². The summed E-state index contributed by atoms with van der Waals surface area (Å²) in [5.41, 5.74) is 4.06. The Kier molecular flexibility index (Phi) is 5.07. The summed E-state index contributed by atoms with van der Waals surface area (Å²) in [7, 11) is 1.60. The Morgan fingerprint density at radius 1 is 1.12 bits per heavy atom. The molecule has 1 heterocycles. The topological polar surface area (TPSA) is 71.2 Å². The summed E-state index contributed by atoms with van der Waals surface area (Å²) in [5.74, 6) is 0.621. The molecule has 2 N–H and O–H groups in total. The van der Waals surface area contributed by atoms with Gasteiger partial charge in [0.05, 0.1) is 7.11 Å². The highest BCUT2D eigenvalue weighted by Gasteiger charge is 2.10. The number of fused-ring (bicyclic) bond motifs is 1. The maximum absolute atomic E-state index is 12.3. The Balaban J connectivity index is 1.75. The molecule has 134 valence electrons. The highest BCUT2D eigenvalue weighted by Crippen LogP contribution is 2.21. The minimum Gasteiger partial charge on any atom is -0.497 e. The predicted octanol–water partition coefficient (Wildman–Crippen LogP) is 3.72. The van der Waals surface area contributed by atoms with Crippen LogP contribution in [0.2, 0.25) is 0 Å². The smallest absolute Gasteiger partial charge is 0.251 e. The molecule has 0 aliphatic carbocycles. The van der Waals surface area contributed by atoms with Crippen LogP contribution in [-0.2, 0) is 11.2 Å². The van der Waals surface area contributed by atoms with Crippen LogP contribution >= 0.6 is 0 Å². The molecule has 0 bridgehead atoms. The highest BCUT2D eigenvalue weighted by atomic mass is 16.5. The number of carbonyl (C=O) groups excluding carboxylic acids is 1. The van der Waals surface area contributed by atoms with Crippen LogP contribution in [0.25, 0.3) is 10.9 Å². The van der Waals surface area contributed by atoms with E-state index in [0.29, 0.717) is 12.0 Å². The largest absolute Gasteiger partial charge is 0.497 e. The molecule has 0 saturated heterocycles. The van der Waals surface area contributed by atoms with Crippen LogP contribution in [0.3, 0.4) is 0 Å². The molecule has 3 rings (SSSR count). The van der Waals surface area contributed by atoms with E-state index in [1.54, 1.807) is 13.2 Å². The fourth-order valence-corrected chi connectivity index (χ4v) is 3.00. The molecule has 0 fully saturated rings. The van der Waals surface area contributed by atoms with Crippen LogP contribution in [0.1, 0.15) is 23.1 Å². The van der Waals surface area contributed by atoms with Gasteiger partial charge in [-0.15, -0.1) is 0 Å². The number of rotatable bonds is 5. The maximum atomic E-state index is 12.3. The molecule has 5 nitrogen and oxygen atoms in total. The lowest BCUT2D eigenvalue weighted by atomic mass is 10.1. The molecule has 1 amide bonds. The third-order valence-electron chi connectivity index (χ3n) is 4.50. The minimum atomic E-state index is -0.164. The Morgan fingerprint density at radius 3 is 2.54 bits per heavy atom. The fourth-order valence-electron chi connectivity index (χ4n) is 3.00. The van der Waals surface area contributed by atoms with Crippen molar-refractivity contribution in [2.75, 3.05) is 12.4 Å². The van der Waals surface area contributed by atoms with E-state index in [0.717, 1.165) is 33.5 Å². The van der Waals surface area contributed by atoms with E-state index in [-0.39, 0.29) is 17.9 Å². The number of hydrogen-bond acceptors (Lipinski definition) is 3. The number of hydrogen-bond donors (Lipinski definition) is 2. The van der Waals surface area contributed by atoms with Crippen molar-refractivity contribution >= 4 is 22.5 Å². The van der Waals surface area contributed by atoms with Gasteiger partial charge in [-0.25, -0.2) is 0 Å². The van der Waals surface area contributed by atoms with Crippen LogP contribution in [0.4, 0.5) is 5.69 Å². The van der Waals surface area contributed by atoms with Gasteiger partial charge in [0, 0.05) is 28.6 Å². The summed E-state index contributed by atoms with van der Waals surface area (Å²) in [6.07, 6.45) is 0.617. The first kappa shape index (κ1) is 17.7. The van der Waals surface area contributed by atoms with Crippen molar-refractivity contribution in [3.8, 4) is 5.75 Å². The molecular weight excluding hydrogens is 328 g/mol. The molecule has 5 heteroatoms. The zero-order chi connectivity index (χ0) is 18.7. The van der Waals surface area contributed by atoms with Crippen molar-refractivity contribution in [2.45, 2.75) is 26.7 Å². The van der Waals surface area contributed by atoms with Gasteiger partial charge in [0.25, 0.3) is 5.56 Å². The summed E-state index contributed by atoms with van der Waals surface area (Å²) in [6.45, 7) is 3.92. The van der Waals surface area contributed by atoms with E-state index < -0.39 is 0 Å². The van der Waals surface area contributed by atoms with E-state index in [2.05, 4.69) is 10.3 Å². The van der Waals surface area contributed by atoms with Crippen LogP contribution in [0, 0.1) is 13.8 Å². The monoisotopic (exact) mass is 350 g/mol. The summed E-state index contributed by atoms with van der Waals surface area (Å²) >= 11 is 0. The van der Waals surface area contributed by atoms with Crippen LogP contribution < -0.4 is 15.6 Å². The number of pyridine rings is 1. The maximum Gasteiger partial charge on any atom is 0.251 e. The quantitative estimate of drug-likeness (QED) is 0.737. The zero-order valence-corrected chi connectivity index (χ0v) is 15.2. The number of para-hydroxylation sites is 1.